The summed E-state index contributed by atoms with van der Waals surface area (Å²) < 4.78 is 12.2. The largest absolute Gasteiger partial charge is 0.496 e. The van der Waals surface area contributed by atoms with Crippen molar-refractivity contribution in [3.8, 4) is 6.07 Å². The van der Waals surface area contributed by atoms with Gasteiger partial charge in [-0.15, -0.1) is 0 Å². The smallest absolute Gasteiger partial charge is 0.399 e. The molecule has 0 bridgehead atoms. The zero-order chi connectivity index (χ0) is 14.6. The lowest BCUT2D eigenvalue weighted by atomic mass is 9.75. The highest BCUT2D eigenvalue weighted by molar-refractivity contribution is 6.62. The van der Waals surface area contributed by atoms with Gasteiger partial charge >= 0.3 is 7.12 Å². The monoisotopic (exact) mass is 270 g/mol. The third-order valence-electron chi connectivity index (χ3n) is 4.76. The van der Waals surface area contributed by atoms with E-state index in [-0.39, 0.29) is 11.2 Å². The second-order valence-corrected chi connectivity index (χ2v) is 6.72. The van der Waals surface area contributed by atoms with E-state index < -0.39 is 12.5 Å². The molecule has 1 aromatic rings. The molecule has 1 aromatic heterocycles. The van der Waals surface area contributed by atoms with E-state index in [1.54, 1.807) is 6.20 Å². The van der Waals surface area contributed by atoms with E-state index in [2.05, 4.69) is 11.1 Å². The molecule has 1 aliphatic carbocycles. The highest BCUT2D eigenvalue weighted by Gasteiger charge is 2.55. The molecule has 4 nitrogen and oxygen atoms in total. The molecule has 1 saturated carbocycles. The molecule has 0 spiro atoms. The molecule has 0 unspecified atom stereocenters. The maximum absolute atomic E-state index is 9.41. The van der Waals surface area contributed by atoms with E-state index in [9.17, 15) is 5.26 Å². The van der Waals surface area contributed by atoms with Crippen LogP contribution in [0.2, 0.25) is 0 Å². The molecule has 1 saturated heterocycles. The summed E-state index contributed by atoms with van der Waals surface area (Å²) in [5, 5.41) is 9.41. The molecule has 5 heteroatoms. The van der Waals surface area contributed by atoms with Crippen molar-refractivity contribution in [2.45, 2.75) is 57.2 Å². The maximum atomic E-state index is 9.41. The highest BCUT2D eigenvalue weighted by Crippen LogP contribution is 2.46. The predicted octanol–water partition coefficient (Wildman–Crippen LogP) is 1.94. The standard InChI is InChI=1S/C15H19BN2O2/c1-13(2)14(3,4)20-16(19-13)11-6-5-9-18-12(11)15(10-17)7-8-15/h5-6,9H,7-8H2,1-4H3. The molecule has 0 N–H and O–H groups in total. The molecular formula is C15H19BN2O2. The quantitative estimate of drug-likeness (QED) is 0.770. The number of hydrogen-bond acceptors (Lipinski definition) is 4. The van der Waals surface area contributed by atoms with E-state index in [0.717, 1.165) is 24.0 Å². The fourth-order valence-electron chi connectivity index (χ4n) is 2.50. The average Bonchev–Trinajstić information content (AvgIpc) is 3.14. The molecule has 0 atom stereocenters. The first-order valence-electron chi connectivity index (χ1n) is 7.04. The molecule has 2 heterocycles. The molecule has 0 amide bonds. The molecule has 0 aromatic carbocycles. The van der Waals surface area contributed by atoms with Gasteiger partial charge in [0, 0.05) is 11.7 Å². The van der Waals surface area contributed by atoms with Crippen LogP contribution in [0.4, 0.5) is 0 Å². The maximum Gasteiger partial charge on any atom is 0.496 e. The van der Waals surface area contributed by atoms with Crippen LogP contribution in [0.15, 0.2) is 18.3 Å². The summed E-state index contributed by atoms with van der Waals surface area (Å²) in [4.78, 5) is 4.44. The Morgan fingerprint density at radius 3 is 2.30 bits per heavy atom. The van der Waals surface area contributed by atoms with Gasteiger partial charge in [0.15, 0.2) is 0 Å². The van der Waals surface area contributed by atoms with E-state index in [4.69, 9.17) is 9.31 Å². The Kier molecular flexibility index (Phi) is 2.76. The molecular weight excluding hydrogens is 251 g/mol. The first kappa shape index (κ1) is 13.6. The Morgan fingerprint density at radius 2 is 1.80 bits per heavy atom. The predicted molar refractivity (Wildman–Crippen MR) is 76.5 cm³/mol. The Hall–Kier alpha value is -1.38. The first-order chi connectivity index (χ1) is 9.31. The summed E-state index contributed by atoms with van der Waals surface area (Å²) in [6.07, 6.45) is 3.47. The second-order valence-electron chi connectivity index (χ2n) is 6.72. The number of nitrogens with zero attached hydrogens (tertiary/aromatic N) is 2. The van der Waals surface area contributed by atoms with Gasteiger partial charge in [0.1, 0.15) is 0 Å². The molecule has 104 valence electrons. The molecule has 2 aliphatic rings. The number of pyridine rings is 1. The molecule has 1 aliphatic heterocycles. The van der Waals surface area contributed by atoms with Crippen molar-refractivity contribution in [3.63, 3.8) is 0 Å². The van der Waals surface area contributed by atoms with Crippen molar-refractivity contribution >= 4 is 12.6 Å². The minimum atomic E-state index is -0.450. The van der Waals surface area contributed by atoms with Crippen molar-refractivity contribution in [1.82, 2.24) is 4.98 Å². The van der Waals surface area contributed by atoms with Gasteiger partial charge in [0.05, 0.1) is 28.4 Å². The molecule has 3 rings (SSSR count). The minimum absolute atomic E-state index is 0.381. The van der Waals surface area contributed by atoms with Crippen LogP contribution in [0.5, 0.6) is 0 Å². The van der Waals surface area contributed by atoms with Gasteiger partial charge in [-0.2, -0.15) is 5.26 Å². The number of aromatic nitrogens is 1. The van der Waals surface area contributed by atoms with Crippen LogP contribution in [0.3, 0.4) is 0 Å². The third-order valence-corrected chi connectivity index (χ3v) is 4.76. The van der Waals surface area contributed by atoms with Crippen LogP contribution in [-0.2, 0) is 14.7 Å². The highest BCUT2D eigenvalue weighted by atomic mass is 16.7. The summed E-state index contributed by atoms with van der Waals surface area (Å²) >= 11 is 0. The number of rotatable bonds is 2. The van der Waals surface area contributed by atoms with Crippen LogP contribution in [0, 0.1) is 11.3 Å². The van der Waals surface area contributed by atoms with Crippen molar-refractivity contribution in [1.29, 1.82) is 5.26 Å². The van der Waals surface area contributed by atoms with Crippen LogP contribution in [-0.4, -0.2) is 23.3 Å². The third kappa shape index (κ3) is 1.87. The summed E-state index contributed by atoms with van der Waals surface area (Å²) in [5.74, 6) is 0. The summed E-state index contributed by atoms with van der Waals surface area (Å²) in [7, 11) is -0.450. The van der Waals surface area contributed by atoms with Crippen LogP contribution in [0.1, 0.15) is 46.2 Å². The van der Waals surface area contributed by atoms with Crippen molar-refractivity contribution in [2.75, 3.05) is 0 Å². The SMILES string of the molecule is CC1(C)OB(c2cccnc2C2(C#N)CC2)OC1(C)C. The number of hydrogen-bond donors (Lipinski definition) is 0. The van der Waals surface area contributed by atoms with Crippen molar-refractivity contribution < 1.29 is 9.31 Å². The Labute approximate surface area is 120 Å². The lowest BCUT2D eigenvalue weighted by molar-refractivity contribution is 0.00578. The van der Waals surface area contributed by atoms with E-state index >= 15 is 0 Å². The summed E-state index contributed by atoms with van der Waals surface area (Å²) in [6.45, 7) is 8.11. The van der Waals surface area contributed by atoms with Crippen LogP contribution < -0.4 is 5.46 Å². The van der Waals surface area contributed by atoms with Crippen LogP contribution >= 0.6 is 0 Å². The minimum Gasteiger partial charge on any atom is -0.399 e. The fraction of sp³-hybridized carbons (Fsp3) is 0.600. The van der Waals surface area contributed by atoms with Gasteiger partial charge in [-0.05, 0) is 46.6 Å². The second kappa shape index (κ2) is 4.06. The van der Waals surface area contributed by atoms with E-state index in [0.29, 0.717) is 0 Å². The van der Waals surface area contributed by atoms with E-state index in [1.165, 1.54) is 0 Å². The first-order valence-corrected chi connectivity index (χ1v) is 7.04. The van der Waals surface area contributed by atoms with Gasteiger partial charge in [-0.1, -0.05) is 6.07 Å². The Bertz CT molecular complexity index is 572. The number of nitriles is 1. The molecule has 0 radical (unpaired) electrons. The lowest BCUT2D eigenvalue weighted by Gasteiger charge is -2.32. The van der Waals surface area contributed by atoms with Crippen molar-refractivity contribution in [2.24, 2.45) is 0 Å². The lowest BCUT2D eigenvalue weighted by Crippen LogP contribution is -2.41. The zero-order valence-corrected chi connectivity index (χ0v) is 12.4. The van der Waals surface area contributed by atoms with E-state index in [1.807, 2.05) is 39.8 Å². The van der Waals surface area contributed by atoms with Gasteiger partial charge in [-0.3, -0.25) is 4.98 Å². The van der Waals surface area contributed by atoms with Gasteiger partial charge < -0.3 is 9.31 Å². The Morgan fingerprint density at radius 1 is 1.20 bits per heavy atom. The summed E-state index contributed by atoms with van der Waals surface area (Å²) in [6, 6.07) is 6.23. The zero-order valence-electron chi connectivity index (χ0n) is 12.4. The topological polar surface area (TPSA) is 55.1 Å². The van der Waals surface area contributed by atoms with Gasteiger partial charge in [-0.25, -0.2) is 0 Å². The van der Waals surface area contributed by atoms with Gasteiger partial charge in [0.25, 0.3) is 0 Å². The van der Waals surface area contributed by atoms with Crippen LogP contribution in [0.25, 0.3) is 0 Å². The van der Waals surface area contributed by atoms with Crippen molar-refractivity contribution in [3.05, 3.63) is 24.0 Å². The molecule has 2 fully saturated rings. The molecule has 20 heavy (non-hydrogen) atoms. The fourth-order valence-corrected chi connectivity index (χ4v) is 2.50. The summed E-state index contributed by atoms with van der Waals surface area (Å²) in [5.41, 5.74) is 0.522. The average molecular weight is 270 g/mol. The van der Waals surface area contributed by atoms with Gasteiger partial charge in [0.2, 0.25) is 0 Å². The Balaban J connectivity index is 2.00. The normalized spacial score (nSPS) is 25.2.